The summed E-state index contributed by atoms with van der Waals surface area (Å²) in [4.78, 5) is 15.1. The van der Waals surface area contributed by atoms with Crippen molar-refractivity contribution in [3.63, 3.8) is 0 Å². The lowest BCUT2D eigenvalue weighted by Gasteiger charge is -2.26. The fourth-order valence-corrected chi connectivity index (χ4v) is 3.57. The molecule has 1 aromatic heterocycles. The average Bonchev–Trinajstić information content (AvgIpc) is 3.15. The van der Waals surface area contributed by atoms with Crippen LogP contribution in [0.5, 0.6) is 11.5 Å². The quantitative estimate of drug-likeness (QED) is 0.673. The SMILES string of the molecule is COc1cc(OC)cc(C(=O)Nc2n[nH]c3c2CCN(Cc2ccccc2)C3)c1. The van der Waals surface area contributed by atoms with Gasteiger partial charge in [-0.3, -0.25) is 14.8 Å². The van der Waals surface area contributed by atoms with Gasteiger partial charge in [-0.1, -0.05) is 30.3 Å². The predicted octanol–water partition coefficient (Wildman–Crippen LogP) is 3.24. The first kappa shape index (κ1) is 19.0. The number of anilines is 1. The molecule has 1 aliphatic rings. The van der Waals surface area contributed by atoms with Crippen molar-refractivity contribution in [2.45, 2.75) is 19.5 Å². The van der Waals surface area contributed by atoms with Crippen LogP contribution in [0.3, 0.4) is 0 Å². The van der Waals surface area contributed by atoms with Crippen LogP contribution in [0.2, 0.25) is 0 Å². The number of benzene rings is 2. The van der Waals surface area contributed by atoms with E-state index in [-0.39, 0.29) is 5.91 Å². The van der Waals surface area contributed by atoms with Crippen molar-refractivity contribution in [3.05, 3.63) is 70.9 Å². The second-order valence-corrected chi connectivity index (χ2v) is 7.03. The standard InChI is InChI=1S/C22H24N4O3/c1-28-17-10-16(11-18(12-17)29-2)22(27)23-21-19-8-9-26(14-20(19)24-25-21)13-15-6-4-3-5-7-15/h3-7,10-12H,8-9,13-14H2,1-2H3,(H2,23,24,25,27). The van der Waals surface area contributed by atoms with E-state index in [0.717, 1.165) is 37.3 Å². The van der Waals surface area contributed by atoms with Gasteiger partial charge >= 0.3 is 0 Å². The highest BCUT2D eigenvalue weighted by Crippen LogP contribution is 2.27. The van der Waals surface area contributed by atoms with Crippen molar-refractivity contribution in [3.8, 4) is 11.5 Å². The van der Waals surface area contributed by atoms with Crippen LogP contribution in [0, 0.1) is 0 Å². The summed E-state index contributed by atoms with van der Waals surface area (Å²) in [5.41, 5.74) is 3.86. The Kier molecular flexibility index (Phi) is 5.48. The summed E-state index contributed by atoms with van der Waals surface area (Å²) < 4.78 is 10.5. The van der Waals surface area contributed by atoms with Gasteiger partial charge in [0.1, 0.15) is 11.5 Å². The van der Waals surface area contributed by atoms with Gasteiger partial charge < -0.3 is 14.8 Å². The number of ether oxygens (including phenoxy) is 2. The number of carbonyl (C=O) groups is 1. The summed E-state index contributed by atoms with van der Waals surface area (Å²) in [6, 6.07) is 15.5. The maximum Gasteiger partial charge on any atom is 0.257 e. The van der Waals surface area contributed by atoms with Crippen LogP contribution in [-0.2, 0) is 19.5 Å². The van der Waals surface area contributed by atoms with Crippen LogP contribution in [-0.4, -0.2) is 41.8 Å². The average molecular weight is 392 g/mol. The molecule has 0 unspecified atom stereocenters. The van der Waals surface area contributed by atoms with Gasteiger partial charge in [-0.05, 0) is 24.1 Å². The van der Waals surface area contributed by atoms with Crippen LogP contribution in [0.4, 0.5) is 5.82 Å². The summed E-state index contributed by atoms with van der Waals surface area (Å²) in [6.45, 7) is 2.59. The highest BCUT2D eigenvalue weighted by molar-refractivity contribution is 6.04. The number of amides is 1. The molecule has 0 saturated carbocycles. The Bertz CT molecular complexity index is 978. The third-order valence-corrected chi connectivity index (χ3v) is 5.11. The number of methoxy groups -OCH3 is 2. The molecule has 0 radical (unpaired) electrons. The second kappa shape index (κ2) is 8.36. The Morgan fingerprint density at radius 1 is 1.14 bits per heavy atom. The molecule has 7 nitrogen and oxygen atoms in total. The minimum absolute atomic E-state index is 0.247. The van der Waals surface area contributed by atoms with Crippen LogP contribution in [0.25, 0.3) is 0 Å². The number of aromatic nitrogens is 2. The van der Waals surface area contributed by atoms with Crippen molar-refractivity contribution < 1.29 is 14.3 Å². The molecule has 3 aromatic rings. The van der Waals surface area contributed by atoms with E-state index >= 15 is 0 Å². The molecule has 2 heterocycles. The third-order valence-electron chi connectivity index (χ3n) is 5.11. The van der Waals surface area contributed by atoms with Crippen molar-refractivity contribution in [1.29, 1.82) is 0 Å². The van der Waals surface area contributed by atoms with Gasteiger partial charge in [0, 0.05) is 36.8 Å². The highest BCUT2D eigenvalue weighted by Gasteiger charge is 2.23. The normalized spacial score (nSPS) is 13.6. The minimum Gasteiger partial charge on any atom is -0.497 e. The number of H-pyrrole nitrogens is 1. The van der Waals surface area contributed by atoms with E-state index in [9.17, 15) is 4.79 Å². The summed E-state index contributed by atoms with van der Waals surface area (Å²) in [5, 5.41) is 10.4. The van der Waals surface area contributed by atoms with Crippen molar-refractivity contribution >= 4 is 11.7 Å². The number of nitrogens with zero attached hydrogens (tertiary/aromatic N) is 2. The Balaban J connectivity index is 1.46. The van der Waals surface area contributed by atoms with Gasteiger partial charge in [-0.25, -0.2) is 0 Å². The van der Waals surface area contributed by atoms with Gasteiger partial charge in [0.2, 0.25) is 0 Å². The van der Waals surface area contributed by atoms with Crippen molar-refractivity contribution in [2.75, 3.05) is 26.1 Å². The molecule has 1 amide bonds. The summed E-state index contributed by atoms with van der Waals surface area (Å²) in [7, 11) is 3.11. The molecule has 150 valence electrons. The molecule has 2 N–H and O–H groups in total. The number of nitrogens with one attached hydrogen (secondary N) is 2. The Labute approximate surface area is 169 Å². The zero-order valence-corrected chi connectivity index (χ0v) is 16.6. The fourth-order valence-electron chi connectivity index (χ4n) is 3.57. The van der Waals surface area contributed by atoms with Crippen LogP contribution < -0.4 is 14.8 Å². The van der Waals surface area contributed by atoms with E-state index in [1.807, 2.05) is 6.07 Å². The largest absolute Gasteiger partial charge is 0.497 e. The van der Waals surface area contributed by atoms with Gasteiger partial charge in [-0.15, -0.1) is 0 Å². The van der Waals surface area contributed by atoms with E-state index in [0.29, 0.717) is 22.9 Å². The van der Waals surface area contributed by atoms with Gasteiger partial charge in [0.05, 0.1) is 19.9 Å². The first-order valence-corrected chi connectivity index (χ1v) is 9.53. The monoisotopic (exact) mass is 392 g/mol. The Morgan fingerprint density at radius 2 is 1.86 bits per heavy atom. The second-order valence-electron chi connectivity index (χ2n) is 7.03. The number of hydrogen-bond donors (Lipinski definition) is 2. The maximum atomic E-state index is 12.8. The summed E-state index contributed by atoms with van der Waals surface area (Å²) >= 11 is 0. The van der Waals surface area contributed by atoms with Gasteiger partial charge in [0.25, 0.3) is 5.91 Å². The van der Waals surface area contributed by atoms with Crippen molar-refractivity contribution in [2.24, 2.45) is 0 Å². The molecule has 1 aliphatic heterocycles. The Morgan fingerprint density at radius 3 is 2.55 bits per heavy atom. The minimum atomic E-state index is -0.247. The number of hydrogen-bond acceptors (Lipinski definition) is 5. The molecule has 0 atom stereocenters. The van der Waals surface area contributed by atoms with E-state index in [4.69, 9.17) is 9.47 Å². The lowest BCUT2D eigenvalue weighted by Crippen LogP contribution is -2.30. The molecule has 4 rings (SSSR count). The summed E-state index contributed by atoms with van der Waals surface area (Å²) in [5.74, 6) is 1.47. The molecular weight excluding hydrogens is 368 g/mol. The number of fused-ring (bicyclic) bond motifs is 1. The lowest BCUT2D eigenvalue weighted by atomic mass is 10.1. The zero-order valence-electron chi connectivity index (χ0n) is 16.6. The van der Waals surface area contributed by atoms with Crippen molar-refractivity contribution in [1.82, 2.24) is 15.1 Å². The first-order chi connectivity index (χ1) is 14.2. The predicted molar refractivity (Wildman–Crippen MR) is 110 cm³/mol. The van der Waals surface area contributed by atoms with E-state index < -0.39 is 0 Å². The van der Waals surface area contributed by atoms with E-state index in [1.54, 1.807) is 32.4 Å². The van der Waals surface area contributed by atoms with Crippen LogP contribution >= 0.6 is 0 Å². The molecule has 2 aromatic carbocycles. The first-order valence-electron chi connectivity index (χ1n) is 9.53. The maximum absolute atomic E-state index is 12.8. The molecule has 0 fully saturated rings. The molecule has 0 saturated heterocycles. The molecular formula is C22H24N4O3. The highest BCUT2D eigenvalue weighted by atomic mass is 16.5. The fraction of sp³-hybridized carbons (Fsp3) is 0.273. The smallest absolute Gasteiger partial charge is 0.257 e. The van der Waals surface area contributed by atoms with Gasteiger partial charge in [0.15, 0.2) is 5.82 Å². The number of aromatic amines is 1. The summed E-state index contributed by atoms with van der Waals surface area (Å²) in [6.07, 6.45) is 0.829. The number of carbonyl (C=O) groups excluding carboxylic acids is 1. The third kappa shape index (κ3) is 4.25. The number of rotatable bonds is 6. The lowest BCUT2D eigenvalue weighted by molar-refractivity contribution is 0.102. The topological polar surface area (TPSA) is 79.5 Å². The molecule has 0 aliphatic carbocycles. The Hall–Kier alpha value is -3.32. The van der Waals surface area contributed by atoms with Crippen LogP contribution in [0.1, 0.15) is 27.2 Å². The molecule has 0 spiro atoms. The van der Waals surface area contributed by atoms with E-state index in [1.165, 1.54) is 5.56 Å². The molecule has 0 bridgehead atoms. The van der Waals surface area contributed by atoms with Crippen LogP contribution in [0.15, 0.2) is 48.5 Å². The van der Waals surface area contributed by atoms with E-state index in [2.05, 4.69) is 44.7 Å². The molecule has 29 heavy (non-hydrogen) atoms. The molecule has 7 heteroatoms. The van der Waals surface area contributed by atoms with Gasteiger partial charge in [-0.2, -0.15) is 5.10 Å². The zero-order chi connectivity index (χ0) is 20.2.